The minimum atomic E-state index is -1.60. The van der Waals surface area contributed by atoms with E-state index >= 15 is 0 Å². The summed E-state index contributed by atoms with van der Waals surface area (Å²) >= 11 is 0. The Balaban J connectivity index is 1.61. The summed E-state index contributed by atoms with van der Waals surface area (Å²) in [5.41, 5.74) is 0.497. The van der Waals surface area contributed by atoms with Gasteiger partial charge in [0.2, 0.25) is 11.8 Å². The van der Waals surface area contributed by atoms with Gasteiger partial charge in [-0.3, -0.25) is 29.9 Å². The van der Waals surface area contributed by atoms with E-state index in [1.807, 2.05) is 29.2 Å². The van der Waals surface area contributed by atoms with Crippen molar-refractivity contribution in [2.75, 3.05) is 43.6 Å². The van der Waals surface area contributed by atoms with Crippen LogP contribution in [0.3, 0.4) is 0 Å². The van der Waals surface area contributed by atoms with Crippen molar-refractivity contribution >= 4 is 34.9 Å². The molecule has 3 aliphatic heterocycles. The summed E-state index contributed by atoms with van der Waals surface area (Å²) in [4.78, 5) is 55.0. The van der Waals surface area contributed by atoms with Gasteiger partial charge in [0.05, 0.1) is 18.1 Å². The van der Waals surface area contributed by atoms with Gasteiger partial charge in [0.25, 0.3) is 5.69 Å². The molecular formula is C23H23N5O6. The van der Waals surface area contributed by atoms with E-state index in [1.54, 1.807) is 13.2 Å². The van der Waals surface area contributed by atoms with Crippen molar-refractivity contribution in [3.8, 4) is 5.75 Å². The number of nitro benzene ring substituents is 1. The van der Waals surface area contributed by atoms with Crippen molar-refractivity contribution in [1.29, 1.82) is 0 Å². The van der Waals surface area contributed by atoms with E-state index in [4.69, 9.17) is 4.74 Å². The van der Waals surface area contributed by atoms with Gasteiger partial charge in [-0.15, -0.1) is 0 Å². The van der Waals surface area contributed by atoms with Crippen molar-refractivity contribution in [2.45, 2.75) is 12.5 Å². The second-order valence-electron chi connectivity index (χ2n) is 8.69. The molecule has 1 N–H and O–H groups in total. The summed E-state index contributed by atoms with van der Waals surface area (Å²) in [5, 5.41) is 13.7. The topological polar surface area (TPSA) is 125 Å². The van der Waals surface area contributed by atoms with Gasteiger partial charge in [0.1, 0.15) is 5.75 Å². The predicted molar refractivity (Wildman–Crippen MR) is 122 cm³/mol. The number of urea groups is 1. The molecule has 4 amide bonds. The van der Waals surface area contributed by atoms with Crippen molar-refractivity contribution in [3.05, 3.63) is 58.1 Å². The third-order valence-corrected chi connectivity index (χ3v) is 7.06. The lowest BCUT2D eigenvalue weighted by Gasteiger charge is -2.55. The van der Waals surface area contributed by atoms with Crippen LogP contribution in [-0.4, -0.2) is 67.5 Å². The molecule has 0 unspecified atom stereocenters. The van der Waals surface area contributed by atoms with Crippen LogP contribution in [-0.2, 0) is 16.0 Å². The van der Waals surface area contributed by atoms with Gasteiger partial charge in [-0.1, -0.05) is 0 Å². The highest BCUT2D eigenvalue weighted by molar-refractivity contribution is 6.20. The molecule has 0 aliphatic carbocycles. The Hall–Kier alpha value is -4.15. The van der Waals surface area contributed by atoms with Crippen LogP contribution in [0.4, 0.5) is 21.9 Å². The number of ether oxygens (including phenoxy) is 1. The first-order valence-corrected chi connectivity index (χ1v) is 10.8. The first-order valence-electron chi connectivity index (χ1n) is 10.8. The molecule has 0 bridgehead atoms. The molecule has 11 heteroatoms. The van der Waals surface area contributed by atoms with Crippen LogP contribution in [0.5, 0.6) is 5.75 Å². The van der Waals surface area contributed by atoms with Crippen LogP contribution in [0.2, 0.25) is 0 Å². The molecule has 5 rings (SSSR count). The largest absolute Gasteiger partial charge is 0.497 e. The lowest BCUT2D eigenvalue weighted by molar-refractivity contribution is -0.384. The van der Waals surface area contributed by atoms with Crippen LogP contribution >= 0.6 is 0 Å². The highest BCUT2D eigenvalue weighted by atomic mass is 16.6. The number of amides is 4. The number of methoxy groups -OCH3 is 1. The van der Waals surface area contributed by atoms with Gasteiger partial charge in [-0.25, -0.2) is 4.79 Å². The molecule has 176 valence electrons. The number of hydrogen-bond acceptors (Lipinski definition) is 8. The SMILES string of the molecule is COc1ccc(N2CCN3c4ccc([N+](=O)[O-])cc4C[C@@]4(C(=O)NC(=O)N(C)C4=O)[C@@H]3C2)cc1. The highest BCUT2D eigenvalue weighted by Gasteiger charge is 2.62. The average Bonchev–Trinajstić information content (AvgIpc) is 2.85. The Morgan fingerprint density at radius 3 is 2.53 bits per heavy atom. The van der Waals surface area contributed by atoms with Crippen LogP contribution in [0.15, 0.2) is 42.5 Å². The molecule has 1 spiro atoms. The zero-order chi connectivity index (χ0) is 24.2. The number of imide groups is 2. The van der Waals surface area contributed by atoms with Gasteiger partial charge >= 0.3 is 6.03 Å². The van der Waals surface area contributed by atoms with Crippen LogP contribution in [0.25, 0.3) is 0 Å². The van der Waals surface area contributed by atoms with Crippen LogP contribution in [0, 0.1) is 15.5 Å². The maximum Gasteiger partial charge on any atom is 0.330 e. The Morgan fingerprint density at radius 2 is 1.85 bits per heavy atom. The highest BCUT2D eigenvalue weighted by Crippen LogP contribution is 2.46. The molecule has 2 fully saturated rings. The maximum absolute atomic E-state index is 13.6. The molecular weight excluding hydrogens is 442 g/mol. The predicted octanol–water partition coefficient (Wildman–Crippen LogP) is 1.55. The Morgan fingerprint density at radius 1 is 1.12 bits per heavy atom. The summed E-state index contributed by atoms with van der Waals surface area (Å²) < 4.78 is 5.24. The zero-order valence-electron chi connectivity index (χ0n) is 18.7. The number of carbonyl (C=O) groups excluding carboxylic acids is 3. The number of nitro groups is 1. The van der Waals surface area contributed by atoms with Gasteiger partial charge in [-0.05, 0) is 35.9 Å². The summed E-state index contributed by atoms with van der Waals surface area (Å²) in [5.74, 6) is -0.566. The fourth-order valence-corrected chi connectivity index (χ4v) is 5.28. The summed E-state index contributed by atoms with van der Waals surface area (Å²) in [6.07, 6.45) is -0.0378. The molecule has 3 heterocycles. The molecule has 0 radical (unpaired) electrons. The first-order chi connectivity index (χ1) is 16.3. The normalized spacial score (nSPS) is 24.0. The van der Waals surface area contributed by atoms with Gasteiger partial charge in [0.15, 0.2) is 5.41 Å². The van der Waals surface area contributed by atoms with Crippen LogP contribution in [0.1, 0.15) is 5.56 Å². The Kier molecular flexibility index (Phi) is 4.92. The zero-order valence-corrected chi connectivity index (χ0v) is 18.7. The van der Waals surface area contributed by atoms with E-state index in [9.17, 15) is 24.5 Å². The van der Waals surface area contributed by atoms with Gasteiger partial charge < -0.3 is 14.5 Å². The summed E-state index contributed by atoms with van der Waals surface area (Å²) in [6.45, 7) is 1.45. The standard InChI is InChI=1S/C23H23N5O6/c1-25-21(30)23(20(29)24-22(25)31)12-14-11-16(28(32)33)5-8-18(14)27-10-9-26(13-19(23)27)15-3-6-17(34-2)7-4-15/h3-8,11,19H,9-10,12-13H2,1-2H3,(H,24,29,31)/t19-,23-/m0/s1. The number of nitrogens with zero attached hydrogens (tertiary/aromatic N) is 4. The maximum atomic E-state index is 13.6. The lowest BCUT2D eigenvalue weighted by atomic mass is 9.67. The fraction of sp³-hybridized carbons (Fsp3) is 0.348. The molecule has 2 saturated heterocycles. The molecule has 34 heavy (non-hydrogen) atoms. The number of carbonyl (C=O) groups is 3. The Bertz CT molecular complexity index is 1210. The van der Waals surface area contributed by atoms with E-state index < -0.39 is 34.2 Å². The second kappa shape index (κ2) is 7.72. The fourth-order valence-electron chi connectivity index (χ4n) is 5.28. The molecule has 0 saturated carbocycles. The summed E-state index contributed by atoms with van der Waals surface area (Å²) in [7, 11) is 2.93. The van der Waals surface area contributed by atoms with E-state index in [2.05, 4.69) is 10.2 Å². The lowest BCUT2D eigenvalue weighted by Crippen LogP contribution is -2.74. The number of nitrogens with one attached hydrogen (secondary N) is 1. The third-order valence-electron chi connectivity index (χ3n) is 7.06. The molecule has 3 aliphatic rings. The van der Waals surface area contributed by atoms with E-state index in [0.29, 0.717) is 30.9 Å². The van der Waals surface area contributed by atoms with Gasteiger partial charge in [0, 0.05) is 56.6 Å². The summed E-state index contributed by atoms with van der Waals surface area (Å²) in [6, 6.07) is 10.7. The van der Waals surface area contributed by atoms with E-state index in [1.165, 1.54) is 19.2 Å². The average molecular weight is 465 g/mol. The minimum absolute atomic E-state index is 0.0378. The number of hydrogen-bond donors (Lipinski definition) is 1. The molecule has 11 nitrogen and oxygen atoms in total. The molecule has 0 aromatic heterocycles. The Labute approximate surface area is 195 Å². The first kappa shape index (κ1) is 21.7. The number of anilines is 2. The van der Waals surface area contributed by atoms with Crippen molar-refractivity contribution in [2.24, 2.45) is 5.41 Å². The number of rotatable bonds is 3. The number of piperazine rings is 1. The number of non-ortho nitro benzene ring substituents is 1. The molecule has 2 aromatic rings. The van der Waals surface area contributed by atoms with Crippen molar-refractivity contribution in [1.82, 2.24) is 10.2 Å². The van der Waals surface area contributed by atoms with Crippen molar-refractivity contribution in [3.63, 3.8) is 0 Å². The third kappa shape index (κ3) is 3.07. The second-order valence-corrected chi connectivity index (χ2v) is 8.69. The number of fused-ring (bicyclic) bond motifs is 4. The van der Waals surface area contributed by atoms with E-state index in [-0.39, 0.29) is 12.1 Å². The smallest absolute Gasteiger partial charge is 0.330 e. The molecule has 2 aromatic carbocycles. The monoisotopic (exact) mass is 465 g/mol. The number of benzene rings is 2. The minimum Gasteiger partial charge on any atom is -0.497 e. The molecule has 2 atom stereocenters. The quantitative estimate of drug-likeness (QED) is 0.411. The van der Waals surface area contributed by atoms with Crippen LogP contribution < -0.4 is 19.9 Å². The van der Waals surface area contributed by atoms with Crippen molar-refractivity contribution < 1.29 is 24.0 Å². The van der Waals surface area contributed by atoms with E-state index in [0.717, 1.165) is 16.3 Å². The van der Waals surface area contributed by atoms with Gasteiger partial charge in [-0.2, -0.15) is 0 Å². The number of barbiturate groups is 1.